The molecule has 8 heteroatoms. The monoisotopic (exact) mass is 219 g/mol. The second kappa shape index (κ2) is 4.19. The van der Waals surface area contributed by atoms with Gasteiger partial charge in [0.2, 0.25) is 5.01 Å². The van der Waals surface area contributed by atoms with Gasteiger partial charge in [0.05, 0.1) is 0 Å². The van der Waals surface area contributed by atoms with E-state index in [0.717, 1.165) is 11.3 Å². The minimum atomic E-state index is -1.15. The molecule has 1 heterocycles. The summed E-state index contributed by atoms with van der Waals surface area (Å²) in [6.45, 7) is 0. The van der Waals surface area contributed by atoms with Gasteiger partial charge in [0, 0.05) is 0 Å². The molecule has 0 aliphatic heterocycles. The standard InChI is InChI=1S/C5H5N3O3S2/c1-12-5-8-7-2(13-5)3(9)11-4(6)10/h1H3,(H2,6,10). The Kier molecular flexibility index (Phi) is 3.20. The fourth-order valence-electron chi connectivity index (χ4n) is 0.510. The molecule has 1 rings (SSSR count). The van der Waals surface area contributed by atoms with Crippen molar-refractivity contribution >= 4 is 35.2 Å². The number of thioether (sulfide) groups is 1. The molecule has 2 N–H and O–H groups in total. The van der Waals surface area contributed by atoms with Crippen LogP contribution in [0.3, 0.4) is 0 Å². The first-order valence-electron chi connectivity index (χ1n) is 3.02. The molecule has 0 aliphatic rings. The molecule has 1 amide bonds. The Balaban J connectivity index is 2.71. The molecule has 1 aromatic rings. The zero-order valence-electron chi connectivity index (χ0n) is 6.51. The van der Waals surface area contributed by atoms with Gasteiger partial charge in [-0.1, -0.05) is 23.1 Å². The second-order valence-corrected chi connectivity index (χ2v) is 3.82. The van der Waals surface area contributed by atoms with E-state index in [1.807, 2.05) is 0 Å². The first-order chi connectivity index (χ1) is 6.13. The summed E-state index contributed by atoms with van der Waals surface area (Å²) in [4.78, 5) is 21.1. The molecule has 0 radical (unpaired) electrons. The van der Waals surface area contributed by atoms with Crippen LogP contribution in [-0.4, -0.2) is 28.5 Å². The van der Waals surface area contributed by atoms with Crippen LogP contribution in [0.1, 0.15) is 9.80 Å². The predicted molar refractivity (Wildman–Crippen MR) is 46.7 cm³/mol. The molecule has 0 aliphatic carbocycles. The summed E-state index contributed by atoms with van der Waals surface area (Å²) in [5.41, 5.74) is 4.64. The van der Waals surface area contributed by atoms with Crippen LogP contribution in [0.4, 0.5) is 4.79 Å². The van der Waals surface area contributed by atoms with Crippen molar-refractivity contribution in [2.45, 2.75) is 4.34 Å². The molecule has 0 fully saturated rings. The van der Waals surface area contributed by atoms with Crippen LogP contribution in [0.5, 0.6) is 0 Å². The second-order valence-electron chi connectivity index (χ2n) is 1.79. The highest BCUT2D eigenvalue weighted by Crippen LogP contribution is 2.19. The Morgan fingerprint density at radius 1 is 1.54 bits per heavy atom. The number of hydrogen-bond acceptors (Lipinski definition) is 7. The lowest BCUT2D eigenvalue weighted by atomic mass is 10.7. The van der Waals surface area contributed by atoms with Crippen LogP contribution in [0, 0.1) is 0 Å². The van der Waals surface area contributed by atoms with Crippen molar-refractivity contribution in [3.05, 3.63) is 5.01 Å². The highest BCUT2D eigenvalue weighted by molar-refractivity contribution is 8.00. The number of aromatic nitrogens is 2. The maximum absolute atomic E-state index is 11.0. The van der Waals surface area contributed by atoms with Gasteiger partial charge < -0.3 is 10.5 Å². The molecule has 6 nitrogen and oxygen atoms in total. The SMILES string of the molecule is CSc1nnc(C(=O)OC(N)=O)s1. The van der Waals surface area contributed by atoms with Crippen molar-refractivity contribution in [2.75, 3.05) is 6.26 Å². The Hall–Kier alpha value is -1.15. The number of ether oxygens (including phenoxy) is 1. The van der Waals surface area contributed by atoms with Crippen molar-refractivity contribution < 1.29 is 14.3 Å². The molecular formula is C5H5N3O3S2. The number of esters is 1. The maximum atomic E-state index is 11.0. The van der Waals surface area contributed by atoms with Gasteiger partial charge in [-0.15, -0.1) is 10.2 Å². The van der Waals surface area contributed by atoms with Gasteiger partial charge in [-0.3, -0.25) is 0 Å². The molecule has 0 bridgehead atoms. The molecule has 0 unspecified atom stereocenters. The minimum absolute atomic E-state index is 0.0168. The van der Waals surface area contributed by atoms with Crippen molar-refractivity contribution in [3.8, 4) is 0 Å². The molecule has 13 heavy (non-hydrogen) atoms. The van der Waals surface area contributed by atoms with Crippen molar-refractivity contribution in [2.24, 2.45) is 5.73 Å². The van der Waals surface area contributed by atoms with Gasteiger partial charge in [-0.05, 0) is 6.26 Å². The summed E-state index contributed by atoms with van der Waals surface area (Å²) in [7, 11) is 0. The number of rotatable bonds is 2. The average molecular weight is 219 g/mol. The van der Waals surface area contributed by atoms with E-state index in [4.69, 9.17) is 0 Å². The molecule has 1 aromatic heterocycles. The maximum Gasteiger partial charge on any atom is 0.412 e. The number of carbonyl (C=O) groups is 2. The van der Waals surface area contributed by atoms with E-state index in [-0.39, 0.29) is 5.01 Å². The largest absolute Gasteiger partial charge is 0.412 e. The number of nitrogens with zero attached hydrogens (tertiary/aromatic N) is 2. The van der Waals surface area contributed by atoms with Crippen LogP contribution in [0.2, 0.25) is 0 Å². The van der Waals surface area contributed by atoms with Gasteiger partial charge >= 0.3 is 12.1 Å². The Labute approximate surface area is 81.5 Å². The van der Waals surface area contributed by atoms with E-state index in [9.17, 15) is 9.59 Å². The number of nitrogens with two attached hydrogens (primary N) is 1. The number of amides is 1. The normalized spacial score (nSPS) is 9.62. The summed E-state index contributed by atoms with van der Waals surface area (Å²) in [6, 6.07) is 0. The third kappa shape index (κ3) is 2.67. The quantitative estimate of drug-likeness (QED) is 0.442. The van der Waals surface area contributed by atoms with E-state index < -0.39 is 12.1 Å². The van der Waals surface area contributed by atoms with Crippen LogP contribution in [-0.2, 0) is 4.74 Å². The lowest BCUT2D eigenvalue weighted by Gasteiger charge is -1.91. The third-order valence-electron chi connectivity index (χ3n) is 0.949. The summed E-state index contributed by atoms with van der Waals surface area (Å²) in [6.07, 6.45) is 0.648. The van der Waals surface area contributed by atoms with Gasteiger partial charge in [0.25, 0.3) is 0 Å². The fourth-order valence-corrected chi connectivity index (χ4v) is 1.66. The van der Waals surface area contributed by atoms with Crippen LogP contribution >= 0.6 is 23.1 Å². The topological polar surface area (TPSA) is 95.2 Å². The van der Waals surface area contributed by atoms with Crippen LogP contribution in [0.15, 0.2) is 4.34 Å². The Bertz CT molecular complexity index is 338. The summed E-state index contributed by atoms with van der Waals surface area (Å²) in [5.74, 6) is -0.870. The summed E-state index contributed by atoms with van der Waals surface area (Å²) < 4.78 is 4.71. The lowest BCUT2D eigenvalue weighted by molar-refractivity contribution is 0.0637. The highest BCUT2D eigenvalue weighted by Gasteiger charge is 2.15. The van der Waals surface area contributed by atoms with E-state index >= 15 is 0 Å². The van der Waals surface area contributed by atoms with Gasteiger partial charge in [-0.25, -0.2) is 9.59 Å². The van der Waals surface area contributed by atoms with E-state index in [0.29, 0.717) is 4.34 Å². The zero-order chi connectivity index (χ0) is 9.84. The average Bonchev–Trinajstić information content (AvgIpc) is 2.50. The van der Waals surface area contributed by atoms with Crippen molar-refractivity contribution in [1.82, 2.24) is 10.2 Å². The third-order valence-corrected chi connectivity index (χ3v) is 2.83. The molecule has 0 atom stereocenters. The first kappa shape index (κ1) is 9.93. The summed E-state index contributed by atoms with van der Waals surface area (Å²) >= 11 is 2.39. The number of carbonyl (C=O) groups excluding carboxylic acids is 2. The van der Waals surface area contributed by atoms with Crippen molar-refractivity contribution in [3.63, 3.8) is 0 Å². The lowest BCUT2D eigenvalue weighted by Crippen LogP contribution is -2.18. The summed E-state index contributed by atoms with van der Waals surface area (Å²) in [5, 5.41) is 7.16. The van der Waals surface area contributed by atoms with Gasteiger partial charge in [0.1, 0.15) is 0 Å². The fraction of sp³-hybridized carbons (Fsp3) is 0.200. The first-order valence-corrected chi connectivity index (χ1v) is 5.06. The zero-order valence-corrected chi connectivity index (χ0v) is 8.15. The van der Waals surface area contributed by atoms with Crippen LogP contribution < -0.4 is 5.73 Å². The van der Waals surface area contributed by atoms with E-state index in [1.165, 1.54) is 11.8 Å². The molecule has 0 aromatic carbocycles. The van der Waals surface area contributed by atoms with Gasteiger partial charge in [-0.2, -0.15) is 0 Å². The predicted octanol–water partition coefficient (Wildman–Crippen LogP) is 0.496. The molecule has 0 spiro atoms. The highest BCUT2D eigenvalue weighted by atomic mass is 32.2. The Morgan fingerprint density at radius 2 is 2.23 bits per heavy atom. The molecule has 0 saturated carbocycles. The minimum Gasteiger partial charge on any atom is -0.371 e. The van der Waals surface area contributed by atoms with Crippen molar-refractivity contribution in [1.29, 1.82) is 0 Å². The molecule has 70 valence electrons. The smallest absolute Gasteiger partial charge is 0.371 e. The molecule has 0 saturated heterocycles. The molecular weight excluding hydrogens is 214 g/mol. The van der Waals surface area contributed by atoms with Gasteiger partial charge in [0.15, 0.2) is 4.34 Å². The number of primary amides is 1. The van der Waals surface area contributed by atoms with E-state index in [1.54, 1.807) is 6.26 Å². The Morgan fingerprint density at radius 3 is 2.69 bits per heavy atom. The van der Waals surface area contributed by atoms with Crippen LogP contribution in [0.25, 0.3) is 0 Å². The number of hydrogen-bond donors (Lipinski definition) is 1. The van der Waals surface area contributed by atoms with E-state index in [2.05, 4.69) is 20.7 Å².